The van der Waals surface area contributed by atoms with E-state index in [1.807, 2.05) is 31.2 Å². The molecule has 0 spiro atoms. The van der Waals surface area contributed by atoms with Crippen molar-refractivity contribution in [1.29, 1.82) is 0 Å². The number of aryl methyl sites for hydroxylation is 2. The molecule has 1 aromatic carbocycles. The van der Waals surface area contributed by atoms with Crippen molar-refractivity contribution in [3.05, 3.63) is 56.2 Å². The molecule has 0 saturated heterocycles. The fourth-order valence-electron chi connectivity index (χ4n) is 2.69. The highest BCUT2D eigenvalue weighted by Crippen LogP contribution is 2.26. The zero-order chi connectivity index (χ0) is 19.0. The first-order valence-corrected chi connectivity index (χ1v) is 9.08. The Labute approximate surface area is 154 Å². The van der Waals surface area contributed by atoms with Gasteiger partial charge in [0.15, 0.2) is 16.3 Å². The first-order valence-electron chi connectivity index (χ1n) is 8.20. The number of nitrogens with zero attached hydrogens (tertiary/aromatic N) is 3. The number of carbonyl (C=O) groups excluding carboxylic acids is 1. The van der Waals surface area contributed by atoms with Crippen LogP contribution in [0.4, 0.5) is 0 Å². The Morgan fingerprint density at radius 3 is 2.73 bits per heavy atom. The molecule has 2 aromatic heterocycles. The van der Waals surface area contributed by atoms with E-state index in [1.54, 1.807) is 18.5 Å². The van der Waals surface area contributed by atoms with Crippen molar-refractivity contribution in [3.63, 3.8) is 0 Å². The number of aromatic amines is 1. The molecule has 1 atom stereocenters. The van der Waals surface area contributed by atoms with Crippen LogP contribution in [0.2, 0.25) is 0 Å². The molecule has 1 N–H and O–H groups in total. The number of rotatable bonds is 5. The van der Waals surface area contributed by atoms with Crippen molar-refractivity contribution in [2.45, 2.75) is 37.7 Å². The van der Waals surface area contributed by atoms with Gasteiger partial charge in [-0.15, -0.1) is 0 Å². The summed E-state index contributed by atoms with van der Waals surface area (Å²) in [4.78, 5) is 42.9. The number of carbonyl (C=O) groups is 1. The Bertz CT molecular complexity index is 1110. The molecule has 7 nitrogen and oxygen atoms in total. The van der Waals surface area contributed by atoms with Crippen LogP contribution in [0.3, 0.4) is 0 Å². The monoisotopic (exact) mass is 372 g/mol. The van der Waals surface area contributed by atoms with Crippen molar-refractivity contribution in [2.24, 2.45) is 7.05 Å². The third-order valence-corrected chi connectivity index (χ3v) is 5.46. The van der Waals surface area contributed by atoms with E-state index in [9.17, 15) is 14.4 Å². The lowest BCUT2D eigenvalue weighted by atomic mass is 10.1. The van der Waals surface area contributed by atoms with Gasteiger partial charge in [0.2, 0.25) is 0 Å². The summed E-state index contributed by atoms with van der Waals surface area (Å²) in [6.45, 7) is 5.74. The van der Waals surface area contributed by atoms with Gasteiger partial charge < -0.3 is 4.57 Å². The average Bonchev–Trinajstić information content (AvgIpc) is 2.91. The summed E-state index contributed by atoms with van der Waals surface area (Å²) in [5.41, 5.74) is 1.76. The molecule has 26 heavy (non-hydrogen) atoms. The maximum absolute atomic E-state index is 12.5. The van der Waals surface area contributed by atoms with Gasteiger partial charge in [0, 0.05) is 7.05 Å². The molecule has 0 aliphatic rings. The van der Waals surface area contributed by atoms with Crippen molar-refractivity contribution >= 4 is 28.7 Å². The zero-order valence-corrected chi connectivity index (χ0v) is 15.9. The molecule has 0 radical (unpaired) electrons. The Morgan fingerprint density at radius 2 is 2.08 bits per heavy atom. The third-order valence-electron chi connectivity index (χ3n) is 4.25. The van der Waals surface area contributed by atoms with Gasteiger partial charge in [0.25, 0.3) is 5.56 Å². The summed E-state index contributed by atoms with van der Waals surface area (Å²) >= 11 is 1.28. The van der Waals surface area contributed by atoms with Gasteiger partial charge in [-0.3, -0.25) is 19.1 Å². The lowest BCUT2D eigenvalue weighted by Gasteiger charge is -2.11. The number of nitrogens with one attached hydrogen (secondary N) is 1. The molecule has 0 aliphatic heterocycles. The van der Waals surface area contributed by atoms with E-state index in [1.165, 1.54) is 23.3 Å². The van der Waals surface area contributed by atoms with E-state index in [2.05, 4.69) is 9.97 Å². The quantitative estimate of drug-likeness (QED) is 0.691. The largest absolute Gasteiger partial charge is 0.329 e. The Kier molecular flexibility index (Phi) is 4.86. The standard InChI is InChI=1S/C18H20N4O3S/c1-10-6-5-7-13(8-10)9-22-14-15(21(4)17(25)20-16(14)24)19-18(22)26-12(3)11(2)23/h5-8,12H,9H2,1-4H3,(H,20,24,25)/t12-/m1/s1. The number of benzene rings is 1. The molecular formula is C18H20N4O3S. The van der Waals surface area contributed by atoms with Crippen LogP contribution in [0, 0.1) is 6.92 Å². The van der Waals surface area contributed by atoms with E-state index in [0.717, 1.165) is 11.1 Å². The number of ketones is 1. The first-order chi connectivity index (χ1) is 12.3. The van der Waals surface area contributed by atoms with E-state index >= 15 is 0 Å². The summed E-state index contributed by atoms with van der Waals surface area (Å²) in [6, 6.07) is 7.96. The van der Waals surface area contributed by atoms with Crippen LogP contribution >= 0.6 is 11.8 Å². The molecule has 0 aliphatic carbocycles. The van der Waals surface area contributed by atoms with Crippen LogP contribution in [0.25, 0.3) is 11.2 Å². The summed E-state index contributed by atoms with van der Waals surface area (Å²) in [7, 11) is 1.56. The maximum Gasteiger partial charge on any atom is 0.329 e. The highest BCUT2D eigenvalue weighted by molar-refractivity contribution is 8.00. The minimum Gasteiger partial charge on any atom is -0.309 e. The van der Waals surface area contributed by atoms with E-state index < -0.39 is 11.2 Å². The lowest BCUT2D eigenvalue weighted by Crippen LogP contribution is -2.29. The molecular weight excluding hydrogens is 352 g/mol. The molecule has 2 heterocycles. The number of hydrogen-bond donors (Lipinski definition) is 1. The highest BCUT2D eigenvalue weighted by atomic mass is 32.2. The summed E-state index contributed by atoms with van der Waals surface area (Å²) in [5, 5.41) is 0.232. The van der Waals surface area contributed by atoms with Crippen molar-refractivity contribution in [1.82, 2.24) is 19.1 Å². The van der Waals surface area contributed by atoms with Crippen LogP contribution in [0.15, 0.2) is 39.0 Å². The van der Waals surface area contributed by atoms with Gasteiger partial charge in [0.05, 0.1) is 11.8 Å². The van der Waals surface area contributed by atoms with Crippen LogP contribution in [0.5, 0.6) is 0 Å². The van der Waals surface area contributed by atoms with Crippen LogP contribution in [-0.2, 0) is 18.4 Å². The number of hydrogen-bond acceptors (Lipinski definition) is 5. The molecule has 3 aromatic rings. The topological polar surface area (TPSA) is 89.8 Å². The van der Waals surface area contributed by atoms with Gasteiger partial charge in [-0.25, -0.2) is 9.78 Å². The first kappa shape index (κ1) is 18.2. The van der Waals surface area contributed by atoms with Gasteiger partial charge in [0.1, 0.15) is 5.78 Å². The predicted molar refractivity (Wildman–Crippen MR) is 102 cm³/mol. The zero-order valence-electron chi connectivity index (χ0n) is 15.1. The minimum absolute atomic E-state index is 0.0203. The van der Waals surface area contributed by atoms with E-state index in [0.29, 0.717) is 22.9 Å². The number of fused-ring (bicyclic) bond motifs is 1. The molecule has 8 heteroatoms. The number of imidazole rings is 1. The van der Waals surface area contributed by atoms with Gasteiger partial charge in [-0.1, -0.05) is 41.6 Å². The number of H-pyrrole nitrogens is 1. The normalized spacial score (nSPS) is 12.5. The van der Waals surface area contributed by atoms with Crippen molar-refractivity contribution < 1.29 is 4.79 Å². The summed E-state index contributed by atoms with van der Waals surface area (Å²) in [5.74, 6) is 0.0203. The Hall–Kier alpha value is -2.61. The molecule has 136 valence electrons. The summed E-state index contributed by atoms with van der Waals surface area (Å²) < 4.78 is 3.08. The molecule has 0 amide bonds. The Balaban J connectivity index is 2.22. The van der Waals surface area contributed by atoms with Gasteiger partial charge in [-0.2, -0.15) is 0 Å². The summed E-state index contributed by atoms with van der Waals surface area (Å²) in [6.07, 6.45) is 0. The number of thioether (sulfide) groups is 1. The van der Waals surface area contributed by atoms with Crippen LogP contribution < -0.4 is 11.2 Å². The second-order valence-corrected chi connectivity index (χ2v) is 7.64. The van der Waals surface area contributed by atoms with Crippen molar-refractivity contribution in [3.8, 4) is 0 Å². The number of aromatic nitrogens is 4. The SMILES string of the molecule is CC(=O)[C@@H](C)Sc1nc2c(c(=O)[nH]c(=O)n2C)n1Cc1cccc(C)c1. The van der Waals surface area contributed by atoms with Crippen molar-refractivity contribution in [2.75, 3.05) is 0 Å². The minimum atomic E-state index is -0.515. The molecule has 0 fully saturated rings. The van der Waals surface area contributed by atoms with E-state index in [-0.39, 0.29) is 11.0 Å². The van der Waals surface area contributed by atoms with E-state index in [4.69, 9.17) is 0 Å². The second-order valence-electron chi connectivity index (χ2n) is 6.33. The third kappa shape index (κ3) is 3.37. The van der Waals surface area contributed by atoms with Crippen LogP contribution in [0.1, 0.15) is 25.0 Å². The molecule has 0 saturated carbocycles. The van der Waals surface area contributed by atoms with Gasteiger partial charge in [-0.05, 0) is 26.3 Å². The molecule has 0 unspecified atom stereocenters. The Morgan fingerprint density at radius 1 is 1.35 bits per heavy atom. The number of Topliss-reactive ketones (excluding diaryl/α,β-unsaturated/α-hetero) is 1. The van der Waals surface area contributed by atoms with Gasteiger partial charge >= 0.3 is 5.69 Å². The molecule has 0 bridgehead atoms. The highest BCUT2D eigenvalue weighted by Gasteiger charge is 2.21. The second kappa shape index (κ2) is 6.95. The fourth-order valence-corrected chi connectivity index (χ4v) is 3.59. The average molecular weight is 372 g/mol. The lowest BCUT2D eigenvalue weighted by molar-refractivity contribution is -0.116. The fraction of sp³-hybridized carbons (Fsp3) is 0.333. The maximum atomic E-state index is 12.5. The smallest absolute Gasteiger partial charge is 0.309 e. The molecule has 3 rings (SSSR count). The van der Waals surface area contributed by atoms with Crippen LogP contribution in [-0.4, -0.2) is 30.1 Å². The predicted octanol–water partition coefficient (Wildman–Crippen LogP) is 1.85.